The van der Waals surface area contributed by atoms with Crippen LogP contribution in [0.3, 0.4) is 0 Å². The molecule has 0 unspecified atom stereocenters. The second-order valence-corrected chi connectivity index (χ2v) is 9.13. The van der Waals surface area contributed by atoms with Crippen LogP contribution in [-0.2, 0) is 0 Å². The first kappa shape index (κ1) is 28.5. The van der Waals surface area contributed by atoms with Crippen LogP contribution in [0.15, 0.2) is 93.2 Å². The lowest BCUT2D eigenvalue weighted by molar-refractivity contribution is 0.0721. The average molecular weight is 517 g/mol. The minimum Gasteiger partial charge on any atom is -0.489 e. The molecular weight excluding hydrogens is 480 g/mol. The molecular formula is C32H36O6. The van der Waals surface area contributed by atoms with Gasteiger partial charge in [-0.15, -0.1) is 0 Å². The van der Waals surface area contributed by atoms with Gasteiger partial charge in [-0.1, -0.05) is 60.6 Å². The van der Waals surface area contributed by atoms with Crippen molar-refractivity contribution in [1.29, 1.82) is 0 Å². The summed E-state index contributed by atoms with van der Waals surface area (Å²) in [6.07, 6.45) is 11.7. The number of fused-ring (bicyclic) bond motifs is 1. The minimum atomic E-state index is -0.798. The summed E-state index contributed by atoms with van der Waals surface area (Å²) < 4.78 is 23.2. The van der Waals surface area contributed by atoms with Gasteiger partial charge in [0.15, 0.2) is 5.75 Å². The van der Waals surface area contributed by atoms with E-state index in [1.54, 1.807) is 48.5 Å². The van der Waals surface area contributed by atoms with Crippen molar-refractivity contribution in [3.05, 3.63) is 100.0 Å². The molecule has 2 aromatic carbocycles. The van der Waals surface area contributed by atoms with Crippen LogP contribution in [-0.4, -0.2) is 19.2 Å². The van der Waals surface area contributed by atoms with Crippen molar-refractivity contribution in [2.24, 2.45) is 0 Å². The molecule has 0 saturated heterocycles. The molecule has 0 bridgehead atoms. The molecule has 0 atom stereocenters. The molecule has 3 aromatic rings. The Morgan fingerprint density at radius 2 is 1.68 bits per heavy atom. The molecule has 6 nitrogen and oxygen atoms in total. The number of carbonyl (C=O) groups is 1. The highest BCUT2D eigenvalue weighted by atomic mass is 16.6. The largest absolute Gasteiger partial charge is 0.489 e. The van der Waals surface area contributed by atoms with Crippen LogP contribution in [0.25, 0.3) is 11.0 Å². The normalized spacial score (nSPS) is 11.5. The van der Waals surface area contributed by atoms with E-state index in [2.05, 4.69) is 33.8 Å². The fraction of sp³-hybridized carbons (Fsp3) is 0.312. The number of rotatable bonds is 13. The van der Waals surface area contributed by atoms with Crippen molar-refractivity contribution < 1.29 is 23.4 Å². The van der Waals surface area contributed by atoms with Crippen molar-refractivity contribution in [1.82, 2.24) is 0 Å². The van der Waals surface area contributed by atoms with E-state index in [9.17, 15) is 9.59 Å². The van der Waals surface area contributed by atoms with Crippen LogP contribution in [0.5, 0.6) is 17.2 Å². The van der Waals surface area contributed by atoms with Crippen LogP contribution >= 0.6 is 0 Å². The Morgan fingerprint density at radius 1 is 0.895 bits per heavy atom. The number of carbonyl (C=O) groups excluding carboxylic acids is 1. The highest BCUT2D eigenvalue weighted by Gasteiger charge is 2.24. The van der Waals surface area contributed by atoms with Gasteiger partial charge in [0.2, 0.25) is 0 Å². The number of esters is 1. The van der Waals surface area contributed by atoms with Gasteiger partial charge < -0.3 is 18.6 Å². The molecule has 6 heteroatoms. The topological polar surface area (TPSA) is 75.0 Å². The molecule has 38 heavy (non-hydrogen) atoms. The predicted molar refractivity (Wildman–Crippen MR) is 151 cm³/mol. The van der Waals surface area contributed by atoms with Crippen molar-refractivity contribution in [2.45, 2.75) is 53.4 Å². The maximum absolute atomic E-state index is 12.9. The Kier molecular flexibility index (Phi) is 11.0. The van der Waals surface area contributed by atoms with Gasteiger partial charge in [-0.3, -0.25) is 0 Å². The second kappa shape index (κ2) is 14.6. The zero-order chi connectivity index (χ0) is 27.3. The van der Waals surface area contributed by atoms with E-state index in [-0.39, 0.29) is 23.7 Å². The van der Waals surface area contributed by atoms with Crippen molar-refractivity contribution >= 4 is 16.9 Å². The summed E-state index contributed by atoms with van der Waals surface area (Å²) in [5.74, 6) is -0.377. The van der Waals surface area contributed by atoms with Gasteiger partial charge in [-0.2, -0.15) is 0 Å². The molecule has 0 aliphatic rings. The summed E-state index contributed by atoms with van der Waals surface area (Å²) in [4.78, 5) is 25.7. The number of benzene rings is 2. The first-order chi connectivity index (χ1) is 18.4. The van der Waals surface area contributed by atoms with Crippen LogP contribution in [0, 0.1) is 0 Å². The van der Waals surface area contributed by atoms with E-state index < -0.39 is 11.6 Å². The molecule has 3 rings (SSSR count). The SMILES string of the molecule is CCC=CCCOc1c(OC(=O)c2ccccc2)c(=O)oc2cccc(OCC=C(C)CCC=C(C)C)c12. The van der Waals surface area contributed by atoms with Crippen molar-refractivity contribution in [3.63, 3.8) is 0 Å². The second-order valence-electron chi connectivity index (χ2n) is 9.13. The lowest BCUT2D eigenvalue weighted by Gasteiger charge is -2.15. The fourth-order valence-corrected chi connectivity index (χ4v) is 3.72. The highest BCUT2D eigenvalue weighted by molar-refractivity contribution is 5.95. The van der Waals surface area contributed by atoms with E-state index in [4.69, 9.17) is 18.6 Å². The summed E-state index contributed by atoms with van der Waals surface area (Å²) in [5, 5.41) is 0.443. The van der Waals surface area contributed by atoms with E-state index in [1.807, 2.05) is 18.2 Å². The molecule has 0 saturated carbocycles. The fourth-order valence-electron chi connectivity index (χ4n) is 3.72. The van der Waals surface area contributed by atoms with Gasteiger partial charge in [0.25, 0.3) is 5.75 Å². The van der Waals surface area contributed by atoms with Gasteiger partial charge in [0.1, 0.15) is 23.3 Å². The zero-order valence-electron chi connectivity index (χ0n) is 22.6. The van der Waals surface area contributed by atoms with Gasteiger partial charge in [0, 0.05) is 0 Å². The Bertz CT molecular complexity index is 1360. The molecule has 0 spiro atoms. The molecule has 0 aliphatic carbocycles. The van der Waals surface area contributed by atoms with Crippen molar-refractivity contribution in [3.8, 4) is 17.2 Å². The summed E-state index contributed by atoms with van der Waals surface area (Å²) in [6.45, 7) is 8.91. The maximum atomic E-state index is 12.9. The Hall–Kier alpha value is -4.06. The average Bonchev–Trinajstić information content (AvgIpc) is 2.90. The number of allylic oxidation sites excluding steroid dienone is 4. The summed E-state index contributed by atoms with van der Waals surface area (Å²) in [6, 6.07) is 13.6. The highest BCUT2D eigenvalue weighted by Crippen LogP contribution is 2.39. The maximum Gasteiger partial charge on any atom is 0.383 e. The third-order valence-corrected chi connectivity index (χ3v) is 5.71. The third-order valence-electron chi connectivity index (χ3n) is 5.71. The molecule has 0 N–H and O–H groups in total. The monoisotopic (exact) mass is 516 g/mol. The molecule has 0 aliphatic heterocycles. The van der Waals surface area contributed by atoms with Crippen LogP contribution < -0.4 is 19.8 Å². The van der Waals surface area contributed by atoms with Gasteiger partial charge >= 0.3 is 11.6 Å². The first-order valence-corrected chi connectivity index (χ1v) is 13.0. The molecule has 0 fully saturated rings. The van der Waals surface area contributed by atoms with E-state index in [0.29, 0.717) is 29.7 Å². The van der Waals surface area contributed by atoms with E-state index in [1.165, 1.54) is 11.1 Å². The first-order valence-electron chi connectivity index (χ1n) is 13.0. The van der Waals surface area contributed by atoms with E-state index in [0.717, 1.165) is 19.3 Å². The van der Waals surface area contributed by atoms with Crippen LogP contribution in [0.2, 0.25) is 0 Å². The van der Waals surface area contributed by atoms with Crippen LogP contribution in [0.4, 0.5) is 0 Å². The molecule has 0 amide bonds. The van der Waals surface area contributed by atoms with Crippen LogP contribution in [0.1, 0.15) is 63.7 Å². The summed E-state index contributed by atoms with van der Waals surface area (Å²) in [5.41, 5.74) is 2.31. The summed E-state index contributed by atoms with van der Waals surface area (Å²) >= 11 is 0. The number of hydrogen-bond donors (Lipinski definition) is 0. The van der Waals surface area contributed by atoms with Gasteiger partial charge in [0.05, 0.1) is 12.2 Å². The lowest BCUT2D eigenvalue weighted by Crippen LogP contribution is -2.16. The number of hydrogen-bond acceptors (Lipinski definition) is 6. The lowest BCUT2D eigenvalue weighted by atomic mass is 10.1. The summed E-state index contributed by atoms with van der Waals surface area (Å²) in [7, 11) is 0. The quantitative estimate of drug-likeness (QED) is 0.0998. The smallest absolute Gasteiger partial charge is 0.383 e. The zero-order valence-corrected chi connectivity index (χ0v) is 22.6. The predicted octanol–water partition coefficient (Wildman–Crippen LogP) is 7.82. The third kappa shape index (κ3) is 8.23. The molecule has 0 radical (unpaired) electrons. The van der Waals surface area contributed by atoms with E-state index >= 15 is 0 Å². The Morgan fingerprint density at radius 3 is 2.42 bits per heavy atom. The van der Waals surface area contributed by atoms with Gasteiger partial charge in [-0.25, -0.2) is 9.59 Å². The molecule has 200 valence electrons. The molecule has 1 heterocycles. The standard InChI is InChI=1S/C32H36O6/c1-5-6-7-11-21-36-29-28-26(35-22-20-24(4)15-12-14-23(2)3)18-13-19-27(28)37-32(34)30(29)38-31(33)25-16-9-8-10-17-25/h6-10,13-14,16-20H,5,11-12,15,21-22H2,1-4H3. The Balaban J connectivity index is 1.95. The van der Waals surface area contributed by atoms with Gasteiger partial charge in [-0.05, 0) is 76.8 Å². The van der Waals surface area contributed by atoms with Crippen molar-refractivity contribution in [2.75, 3.05) is 13.2 Å². The Labute approximate surface area is 224 Å². The number of ether oxygens (including phenoxy) is 3. The minimum absolute atomic E-state index is 0.130. The molecule has 1 aromatic heterocycles.